The van der Waals surface area contributed by atoms with Crippen LogP contribution in [0, 0.1) is 11.8 Å². The second kappa shape index (κ2) is 7.26. The summed E-state index contributed by atoms with van der Waals surface area (Å²) in [5.74, 6) is 0.999. The quantitative estimate of drug-likeness (QED) is 0.823. The topological polar surface area (TPSA) is 73.6 Å². The van der Waals surface area contributed by atoms with Crippen molar-refractivity contribution in [2.75, 3.05) is 26.4 Å². The number of nitrogens with two attached hydrogens (primary N) is 1. The van der Waals surface area contributed by atoms with E-state index >= 15 is 0 Å². The Hall–Kier alpha value is -0.0100. The van der Waals surface area contributed by atoms with Crippen LogP contribution in [-0.2, 0) is 20.5 Å². The van der Waals surface area contributed by atoms with Gasteiger partial charge in [-0.05, 0) is 32.6 Å². The minimum absolute atomic E-state index is 0. The van der Waals surface area contributed by atoms with Gasteiger partial charge < -0.3 is 15.2 Å². The molecular weight excluding hydrogens is 300 g/mol. The molecule has 2 saturated heterocycles. The van der Waals surface area contributed by atoms with Gasteiger partial charge in [0, 0.05) is 0 Å². The zero-order valence-corrected chi connectivity index (χ0v) is 16.0. The molecule has 0 bridgehead atoms. The zero-order chi connectivity index (χ0) is 17.2. The fourth-order valence-corrected chi connectivity index (χ4v) is 2.87. The van der Waals surface area contributed by atoms with E-state index in [2.05, 4.69) is 32.4 Å². The highest BCUT2D eigenvalue weighted by Gasteiger charge is 2.44. The summed E-state index contributed by atoms with van der Waals surface area (Å²) in [6.45, 7) is 17.3. The SMILES string of the molecule is CC(C)C1(N)COC1.CC(C)C1(NS(=O)C(C)(C)C)COC1. The van der Waals surface area contributed by atoms with E-state index in [1.165, 1.54) is 0 Å². The van der Waals surface area contributed by atoms with Crippen LogP contribution < -0.4 is 10.5 Å². The van der Waals surface area contributed by atoms with Crippen LogP contribution in [0.15, 0.2) is 0 Å². The van der Waals surface area contributed by atoms with Crippen LogP contribution in [-0.4, -0.2) is 46.5 Å². The van der Waals surface area contributed by atoms with E-state index in [9.17, 15) is 4.21 Å². The molecule has 0 aromatic rings. The zero-order valence-electron chi connectivity index (χ0n) is 15.2. The van der Waals surface area contributed by atoms with Gasteiger partial charge in [-0.3, -0.25) is 0 Å². The second-order valence-corrected chi connectivity index (χ2v) is 10.1. The van der Waals surface area contributed by atoms with Gasteiger partial charge in [-0.25, -0.2) is 8.93 Å². The molecule has 0 amide bonds. The summed E-state index contributed by atoms with van der Waals surface area (Å²) in [5, 5.41) is 0. The highest BCUT2D eigenvalue weighted by atomic mass is 32.2. The first-order valence-electron chi connectivity index (χ1n) is 8.07. The van der Waals surface area contributed by atoms with Crippen molar-refractivity contribution in [1.82, 2.24) is 4.72 Å². The van der Waals surface area contributed by atoms with Crippen molar-refractivity contribution >= 4 is 11.0 Å². The van der Waals surface area contributed by atoms with E-state index in [1.54, 1.807) is 0 Å². The Balaban J connectivity index is 0.000000255. The molecule has 22 heavy (non-hydrogen) atoms. The lowest BCUT2D eigenvalue weighted by molar-refractivity contribution is -0.0849. The van der Waals surface area contributed by atoms with Crippen molar-refractivity contribution in [2.24, 2.45) is 17.6 Å². The Labute approximate surface area is 138 Å². The Morgan fingerprint density at radius 3 is 1.59 bits per heavy atom. The average Bonchev–Trinajstić information content (AvgIpc) is 2.29. The van der Waals surface area contributed by atoms with Crippen LogP contribution in [0.2, 0.25) is 0 Å². The molecule has 0 spiro atoms. The maximum absolute atomic E-state index is 11.9. The normalized spacial score (nSPS) is 24.1. The molecule has 0 aromatic heterocycles. The number of hydrogen-bond donors (Lipinski definition) is 2. The lowest BCUT2D eigenvalue weighted by Crippen LogP contribution is -2.65. The van der Waals surface area contributed by atoms with Gasteiger partial charge in [0.15, 0.2) is 0 Å². The first-order valence-corrected chi connectivity index (χ1v) is 9.22. The van der Waals surface area contributed by atoms with E-state index < -0.39 is 11.0 Å². The second-order valence-electron chi connectivity index (χ2n) is 8.17. The molecule has 0 aliphatic carbocycles. The maximum Gasteiger partial charge on any atom is 0.0977 e. The van der Waals surface area contributed by atoms with E-state index in [4.69, 9.17) is 15.2 Å². The van der Waals surface area contributed by atoms with E-state index in [0.717, 1.165) is 13.2 Å². The molecule has 0 saturated carbocycles. The Kier molecular flexibility index (Phi) is 6.61. The van der Waals surface area contributed by atoms with Gasteiger partial charge in [0.05, 0.1) is 53.2 Å². The van der Waals surface area contributed by atoms with Gasteiger partial charge in [-0.15, -0.1) is 0 Å². The van der Waals surface area contributed by atoms with Crippen LogP contribution >= 0.6 is 0 Å². The summed E-state index contributed by atoms with van der Waals surface area (Å²) >= 11 is 0. The summed E-state index contributed by atoms with van der Waals surface area (Å²) < 4.78 is 25.1. The standard InChI is InChI=1S/C10H21NO2S.C6H13NO/c1-8(2)10(6-13-7-10)11-14(12)9(3,4)5;1-5(2)6(7)3-8-4-6/h8,11H,6-7H2,1-5H3;5H,3-4,7H2,1-2H3. The third kappa shape index (κ3) is 4.74. The fourth-order valence-electron chi connectivity index (χ4n) is 1.84. The highest BCUT2D eigenvalue weighted by Crippen LogP contribution is 2.28. The molecule has 2 heterocycles. The van der Waals surface area contributed by atoms with Gasteiger partial charge in [-0.2, -0.15) is 0 Å². The van der Waals surface area contributed by atoms with Crippen molar-refractivity contribution < 1.29 is 13.7 Å². The predicted octanol–water partition coefficient (Wildman–Crippen LogP) is 1.83. The fraction of sp³-hybridized carbons (Fsp3) is 1.00. The number of hydrogen-bond acceptors (Lipinski definition) is 4. The van der Waals surface area contributed by atoms with Crippen molar-refractivity contribution in [3.05, 3.63) is 0 Å². The van der Waals surface area contributed by atoms with Gasteiger partial charge >= 0.3 is 0 Å². The molecule has 132 valence electrons. The van der Waals surface area contributed by atoms with Gasteiger partial charge in [0.1, 0.15) is 0 Å². The van der Waals surface area contributed by atoms with E-state index in [-0.39, 0.29) is 15.8 Å². The summed E-state index contributed by atoms with van der Waals surface area (Å²) in [6, 6.07) is 0. The number of rotatable bonds is 4. The van der Waals surface area contributed by atoms with Gasteiger partial charge in [0.2, 0.25) is 0 Å². The average molecular weight is 335 g/mol. The van der Waals surface area contributed by atoms with E-state index in [0.29, 0.717) is 25.0 Å². The van der Waals surface area contributed by atoms with Crippen LogP contribution in [0.1, 0.15) is 48.5 Å². The summed E-state index contributed by atoms with van der Waals surface area (Å²) in [7, 11) is -1.01. The molecular formula is C16H34N2O3S. The van der Waals surface area contributed by atoms with Crippen molar-refractivity contribution in [3.8, 4) is 0 Å². The molecule has 0 radical (unpaired) electrons. The molecule has 5 nitrogen and oxygen atoms in total. The number of ether oxygens (including phenoxy) is 2. The molecule has 6 heteroatoms. The Bertz CT molecular complexity index is 383. The van der Waals surface area contributed by atoms with Crippen molar-refractivity contribution in [1.29, 1.82) is 0 Å². The lowest BCUT2D eigenvalue weighted by atomic mass is 9.86. The molecule has 2 rings (SSSR count). The first kappa shape index (κ1) is 20.0. The monoisotopic (exact) mass is 334 g/mol. The van der Waals surface area contributed by atoms with E-state index in [1.807, 2.05) is 20.8 Å². The summed E-state index contributed by atoms with van der Waals surface area (Å²) in [5.41, 5.74) is 5.75. The molecule has 2 aliphatic heterocycles. The minimum atomic E-state index is -1.01. The predicted molar refractivity (Wildman–Crippen MR) is 92.0 cm³/mol. The maximum atomic E-state index is 11.9. The summed E-state index contributed by atoms with van der Waals surface area (Å²) in [6.07, 6.45) is 0. The molecule has 3 N–H and O–H groups in total. The third-order valence-corrected chi connectivity index (χ3v) is 6.27. The lowest BCUT2D eigenvalue weighted by Gasteiger charge is -2.46. The van der Waals surface area contributed by atoms with Crippen LogP contribution in [0.4, 0.5) is 0 Å². The Morgan fingerprint density at radius 1 is 1.00 bits per heavy atom. The van der Waals surface area contributed by atoms with Crippen LogP contribution in [0.25, 0.3) is 0 Å². The molecule has 0 aromatic carbocycles. The molecule has 1 unspecified atom stereocenters. The number of nitrogens with one attached hydrogen (secondary N) is 1. The molecule has 1 atom stereocenters. The Morgan fingerprint density at radius 2 is 1.45 bits per heavy atom. The largest absolute Gasteiger partial charge is 0.377 e. The van der Waals surface area contributed by atoms with Crippen LogP contribution in [0.5, 0.6) is 0 Å². The van der Waals surface area contributed by atoms with Gasteiger partial charge in [0.25, 0.3) is 0 Å². The minimum Gasteiger partial charge on any atom is -0.377 e. The third-order valence-electron chi connectivity index (χ3n) is 4.57. The first-order chi connectivity index (χ1) is 9.93. The summed E-state index contributed by atoms with van der Waals surface area (Å²) in [4.78, 5) is 0. The molecule has 2 fully saturated rings. The van der Waals surface area contributed by atoms with Crippen LogP contribution in [0.3, 0.4) is 0 Å². The molecule has 2 aliphatic rings. The van der Waals surface area contributed by atoms with Gasteiger partial charge in [-0.1, -0.05) is 27.7 Å². The smallest absolute Gasteiger partial charge is 0.0977 e. The van der Waals surface area contributed by atoms with Crippen molar-refractivity contribution in [2.45, 2.75) is 64.3 Å². The highest BCUT2D eigenvalue weighted by molar-refractivity contribution is 7.84. The van der Waals surface area contributed by atoms with Crippen molar-refractivity contribution in [3.63, 3.8) is 0 Å².